The molecule has 0 saturated carbocycles. The van der Waals surface area contributed by atoms with Crippen molar-refractivity contribution in [1.29, 1.82) is 0 Å². The van der Waals surface area contributed by atoms with Crippen molar-refractivity contribution in [3.63, 3.8) is 0 Å². The average molecular weight is 441 g/mol. The van der Waals surface area contributed by atoms with Crippen LogP contribution in [0.25, 0.3) is 22.0 Å². The summed E-state index contributed by atoms with van der Waals surface area (Å²) in [5.74, 6) is -2.17. The Morgan fingerprint density at radius 1 is 1.09 bits per heavy atom. The molecule has 0 bridgehead atoms. The predicted octanol–water partition coefficient (Wildman–Crippen LogP) is 6.91. The molecule has 1 unspecified atom stereocenters. The minimum Gasteiger partial charge on any atom is -0.481 e. The van der Waals surface area contributed by atoms with Gasteiger partial charge in [0.2, 0.25) is 0 Å². The maximum Gasteiger partial charge on any atom is 0.389 e. The molecule has 1 aliphatic rings. The second-order valence-corrected chi connectivity index (χ2v) is 8.70. The summed E-state index contributed by atoms with van der Waals surface area (Å²) in [6.45, 7) is 3.74. The number of alkyl halides is 3. The van der Waals surface area contributed by atoms with Gasteiger partial charge >= 0.3 is 12.1 Å². The van der Waals surface area contributed by atoms with Crippen LogP contribution < -0.4 is 0 Å². The topological polar surface area (TPSA) is 50.2 Å². The molecule has 6 heteroatoms. The van der Waals surface area contributed by atoms with Gasteiger partial charge in [-0.3, -0.25) is 9.78 Å². The van der Waals surface area contributed by atoms with Crippen LogP contribution in [0.5, 0.6) is 0 Å². The number of rotatable bonds is 6. The van der Waals surface area contributed by atoms with Gasteiger partial charge < -0.3 is 5.11 Å². The fourth-order valence-corrected chi connectivity index (χ4v) is 4.93. The molecular formula is C26H26F3NO2. The Morgan fingerprint density at radius 2 is 1.81 bits per heavy atom. The molecule has 3 aromatic rings. The molecule has 3 nitrogen and oxygen atoms in total. The smallest absolute Gasteiger partial charge is 0.389 e. The number of fused-ring (bicyclic) bond motifs is 3. The first-order valence-electron chi connectivity index (χ1n) is 11.0. The maximum atomic E-state index is 12.8. The van der Waals surface area contributed by atoms with Gasteiger partial charge in [-0.25, -0.2) is 0 Å². The zero-order chi connectivity index (χ0) is 23.0. The van der Waals surface area contributed by atoms with Gasteiger partial charge in [0.25, 0.3) is 0 Å². The second kappa shape index (κ2) is 8.57. The van der Waals surface area contributed by atoms with Crippen molar-refractivity contribution in [2.24, 2.45) is 0 Å². The van der Waals surface area contributed by atoms with Crippen molar-refractivity contribution >= 4 is 16.9 Å². The Kier molecular flexibility index (Phi) is 5.97. The zero-order valence-corrected chi connectivity index (χ0v) is 18.2. The summed E-state index contributed by atoms with van der Waals surface area (Å²) in [6.07, 6.45) is -2.74. The van der Waals surface area contributed by atoms with Gasteiger partial charge in [0.1, 0.15) is 0 Å². The Labute approximate surface area is 185 Å². The molecule has 0 amide bonds. The molecule has 4 rings (SSSR count). The lowest BCUT2D eigenvalue weighted by Gasteiger charge is -2.23. The fraction of sp³-hybridized carbons (Fsp3) is 0.385. The summed E-state index contributed by atoms with van der Waals surface area (Å²) in [7, 11) is 0. The number of carboxylic acid groups (broad SMARTS) is 1. The monoisotopic (exact) mass is 441 g/mol. The Hall–Kier alpha value is -2.89. The number of halogens is 3. The van der Waals surface area contributed by atoms with E-state index in [1.165, 1.54) is 11.1 Å². The van der Waals surface area contributed by atoms with Gasteiger partial charge in [0.05, 0.1) is 11.4 Å². The highest BCUT2D eigenvalue weighted by atomic mass is 19.4. The standard InChI is InChI=1S/C26H26F3NO2/c1-15-8-10-18(11-9-15)23-22(20(25(31)32)7-4-14-26(27,28)29)16(2)30-21-13-12-17-5-3-6-19(17)24(21)23/h8-13,20H,3-7,14H2,1-2H3,(H,31,32). The number of aryl methyl sites for hydroxylation is 4. The van der Waals surface area contributed by atoms with Crippen molar-refractivity contribution < 1.29 is 23.1 Å². The summed E-state index contributed by atoms with van der Waals surface area (Å²) < 4.78 is 38.3. The summed E-state index contributed by atoms with van der Waals surface area (Å²) >= 11 is 0. The number of hydrogen-bond acceptors (Lipinski definition) is 2. The first-order valence-corrected chi connectivity index (χ1v) is 11.0. The molecule has 2 aromatic carbocycles. The van der Waals surface area contributed by atoms with Crippen LogP contribution in [-0.2, 0) is 17.6 Å². The number of aromatic nitrogens is 1. The molecule has 0 fully saturated rings. The Bertz CT molecular complexity index is 1170. The first-order chi connectivity index (χ1) is 15.2. The summed E-state index contributed by atoms with van der Waals surface area (Å²) in [6, 6.07) is 12.0. The molecular weight excluding hydrogens is 415 g/mol. The van der Waals surface area contributed by atoms with Crippen molar-refractivity contribution in [3.05, 3.63) is 64.3 Å². The Balaban J connectivity index is 1.96. The van der Waals surface area contributed by atoms with Gasteiger partial charge in [-0.1, -0.05) is 35.9 Å². The van der Waals surface area contributed by atoms with Crippen LogP contribution in [0.4, 0.5) is 13.2 Å². The molecule has 0 aliphatic heterocycles. The van der Waals surface area contributed by atoms with E-state index in [0.29, 0.717) is 11.3 Å². The zero-order valence-electron chi connectivity index (χ0n) is 18.2. The third-order valence-electron chi connectivity index (χ3n) is 6.40. The van der Waals surface area contributed by atoms with Gasteiger partial charge in [0, 0.05) is 17.5 Å². The number of pyridine rings is 1. The fourth-order valence-electron chi connectivity index (χ4n) is 4.93. The Morgan fingerprint density at radius 3 is 2.47 bits per heavy atom. The van der Waals surface area contributed by atoms with Crippen LogP contribution >= 0.6 is 0 Å². The van der Waals surface area contributed by atoms with Crippen LogP contribution in [0.2, 0.25) is 0 Å². The molecule has 1 heterocycles. The predicted molar refractivity (Wildman–Crippen MR) is 119 cm³/mol. The van der Waals surface area contributed by atoms with E-state index in [1.807, 2.05) is 37.3 Å². The summed E-state index contributed by atoms with van der Waals surface area (Å²) in [4.78, 5) is 17.0. The number of hydrogen-bond donors (Lipinski definition) is 1. The van der Waals surface area contributed by atoms with Crippen LogP contribution in [0.3, 0.4) is 0 Å². The van der Waals surface area contributed by atoms with Gasteiger partial charge in [-0.05, 0) is 79.8 Å². The van der Waals surface area contributed by atoms with E-state index in [0.717, 1.165) is 46.9 Å². The normalized spacial score (nSPS) is 14.5. The van der Waals surface area contributed by atoms with E-state index in [1.54, 1.807) is 6.92 Å². The lowest BCUT2D eigenvalue weighted by atomic mass is 9.83. The highest BCUT2D eigenvalue weighted by molar-refractivity contribution is 6.01. The third kappa shape index (κ3) is 4.36. The lowest BCUT2D eigenvalue weighted by molar-refractivity contribution is -0.142. The minimum atomic E-state index is -4.31. The van der Waals surface area contributed by atoms with Crippen molar-refractivity contribution in [2.75, 3.05) is 0 Å². The van der Waals surface area contributed by atoms with Crippen LogP contribution in [-0.4, -0.2) is 22.2 Å². The van der Waals surface area contributed by atoms with Crippen molar-refractivity contribution in [3.8, 4) is 11.1 Å². The number of aliphatic carboxylic acids is 1. The highest BCUT2D eigenvalue weighted by Gasteiger charge is 2.32. The largest absolute Gasteiger partial charge is 0.481 e. The molecule has 1 aromatic heterocycles. The highest BCUT2D eigenvalue weighted by Crippen LogP contribution is 2.43. The number of carbonyl (C=O) groups is 1. The maximum absolute atomic E-state index is 12.8. The summed E-state index contributed by atoms with van der Waals surface area (Å²) in [5, 5.41) is 11.0. The van der Waals surface area contributed by atoms with Gasteiger partial charge in [-0.15, -0.1) is 0 Å². The quantitative estimate of drug-likeness (QED) is 0.452. The molecule has 0 saturated heterocycles. The van der Waals surface area contributed by atoms with Crippen LogP contribution in [0.15, 0.2) is 36.4 Å². The van der Waals surface area contributed by atoms with E-state index >= 15 is 0 Å². The molecule has 1 aliphatic carbocycles. The number of nitrogens with zero attached hydrogens (tertiary/aromatic N) is 1. The van der Waals surface area contributed by atoms with E-state index in [-0.39, 0.29) is 12.8 Å². The van der Waals surface area contributed by atoms with Crippen molar-refractivity contribution in [1.82, 2.24) is 4.98 Å². The SMILES string of the molecule is Cc1ccc(-c2c(C(CCCC(F)(F)F)C(=O)O)c(C)nc3ccc4c(c23)CCC4)cc1. The molecule has 0 spiro atoms. The summed E-state index contributed by atoms with van der Waals surface area (Å²) in [5.41, 5.74) is 7.10. The first kappa shape index (κ1) is 22.3. The number of benzene rings is 2. The number of carboxylic acids is 1. The van der Waals surface area contributed by atoms with E-state index < -0.39 is 24.5 Å². The third-order valence-corrected chi connectivity index (χ3v) is 6.40. The van der Waals surface area contributed by atoms with E-state index in [2.05, 4.69) is 6.07 Å². The second-order valence-electron chi connectivity index (χ2n) is 8.70. The van der Waals surface area contributed by atoms with Gasteiger partial charge in [-0.2, -0.15) is 13.2 Å². The lowest BCUT2D eigenvalue weighted by Crippen LogP contribution is -2.17. The molecule has 0 radical (unpaired) electrons. The molecule has 32 heavy (non-hydrogen) atoms. The molecule has 1 N–H and O–H groups in total. The van der Waals surface area contributed by atoms with Crippen LogP contribution in [0.1, 0.15) is 59.5 Å². The van der Waals surface area contributed by atoms with E-state index in [4.69, 9.17) is 4.98 Å². The average Bonchev–Trinajstić information content (AvgIpc) is 3.19. The van der Waals surface area contributed by atoms with E-state index in [9.17, 15) is 23.1 Å². The molecule has 1 atom stereocenters. The molecule has 168 valence electrons. The van der Waals surface area contributed by atoms with Crippen molar-refractivity contribution in [2.45, 2.75) is 64.5 Å². The minimum absolute atomic E-state index is 0.0866. The van der Waals surface area contributed by atoms with Crippen LogP contribution in [0, 0.1) is 13.8 Å². The van der Waals surface area contributed by atoms with Gasteiger partial charge in [0.15, 0.2) is 0 Å².